The molecule has 11 heavy (non-hydrogen) atoms. The van der Waals surface area contributed by atoms with Gasteiger partial charge in [0.25, 0.3) is 5.71 Å². The van der Waals surface area contributed by atoms with Gasteiger partial charge in [0.05, 0.1) is 6.61 Å². The van der Waals surface area contributed by atoms with Crippen LogP contribution in [-0.2, 0) is 9.53 Å². The summed E-state index contributed by atoms with van der Waals surface area (Å²) >= 11 is 0. The maximum Gasteiger partial charge on any atom is 1.00 e. The first-order valence-corrected chi connectivity index (χ1v) is 2.55. The second kappa shape index (κ2) is 8.17. The number of ether oxygens (including phenoxy) is 1. The molecule has 56 valence electrons. The Hall–Kier alpha value is 0.0664. The zero-order chi connectivity index (χ0) is 7.98. The van der Waals surface area contributed by atoms with Gasteiger partial charge in [0.2, 0.25) is 0 Å². The van der Waals surface area contributed by atoms with Gasteiger partial charge in [-0.1, -0.05) is 5.16 Å². The second-order valence-electron chi connectivity index (χ2n) is 1.28. The minimum Gasteiger partial charge on any atom is -1.00 e. The smallest absolute Gasteiger partial charge is 1.00 e. The number of nitriles is 1. The van der Waals surface area contributed by atoms with Crippen molar-refractivity contribution in [1.29, 1.82) is 5.26 Å². The van der Waals surface area contributed by atoms with Crippen molar-refractivity contribution in [2.45, 2.75) is 6.92 Å². The molecule has 1 N–H and O–H groups in total. The second-order valence-corrected chi connectivity index (χ2v) is 1.28. The van der Waals surface area contributed by atoms with Crippen molar-refractivity contribution in [2.75, 3.05) is 6.61 Å². The third kappa shape index (κ3) is 5.35. The topological polar surface area (TPSA) is 82.7 Å². The third-order valence-corrected chi connectivity index (χ3v) is 0.675. The Kier molecular flexibility index (Phi) is 10.1. The van der Waals surface area contributed by atoms with E-state index in [2.05, 4.69) is 9.89 Å². The SMILES string of the molecule is CCOC(=O)C(C#N)=NO.[H-].[K+]. The van der Waals surface area contributed by atoms with Crippen molar-refractivity contribution in [3.05, 3.63) is 0 Å². The predicted octanol–water partition coefficient (Wildman–Crippen LogP) is -2.98. The molecular weight excluding hydrogens is 175 g/mol. The molecule has 0 unspecified atom stereocenters. The largest absolute Gasteiger partial charge is 1.00 e. The van der Waals surface area contributed by atoms with Gasteiger partial charge >= 0.3 is 57.4 Å². The Balaban J connectivity index is -0.000000405. The first kappa shape index (κ1) is 13.6. The van der Waals surface area contributed by atoms with Crippen LogP contribution in [0.4, 0.5) is 0 Å². The molecule has 5 nitrogen and oxygen atoms in total. The molecule has 0 radical (unpaired) electrons. The van der Waals surface area contributed by atoms with Crippen LogP contribution >= 0.6 is 0 Å². The molecule has 0 bridgehead atoms. The first-order chi connectivity index (χ1) is 4.76. The molecule has 6 heteroatoms. The summed E-state index contributed by atoms with van der Waals surface area (Å²) in [7, 11) is 0. The van der Waals surface area contributed by atoms with Gasteiger partial charge in [0, 0.05) is 0 Å². The normalized spacial score (nSPS) is 9.27. The van der Waals surface area contributed by atoms with E-state index in [1.165, 1.54) is 6.07 Å². The summed E-state index contributed by atoms with van der Waals surface area (Å²) in [5.41, 5.74) is -0.637. The van der Waals surface area contributed by atoms with Crippen LogP contribution in [0.1, 0.15) is 8.35 Å². The van der Waals surface area contributed by atoms with Crippen molar-refractivity contribution in [3.63, 3.8) is 0 Å². The fourth-order valence-electron chi connectivity index (χ4n) is 0.308. The van der Waals surface area contributed by atoms with Crippen molar-refractivity contribution in [3.8, 4) is 6.07 Å². The molecule has 0 atom stereocenters. The molecule has 0 aliphatic carbocycles. The van der Waals surface area contributed by atoms with Gasteiger partial charge in [-0.2, -0.15) is 5.26 Å². The van der Waals surface area contributed by atoms with Crippen LogP contribution in [0, 0.1) is 11.3 Å². The van der Waals surface area contributed by atoms with Crippen LogP contribution in [0.2, 0.25) is 0 Å². The average molecular weight is 182 g/mol. The number of rotatable bonds is 2. The molecule has 0 saturated heterocycles. The van der Waals surface area contributed by atoms with Gasteiger partial charge in [0.1, 0.15) is 6.07 Å². The Morgan fingerprint density at radius 1 is 1.91 bits per heavy atom. The molecule has 0 aromatic carbocycles. The van der Waals surface area contributed by atoms with Crippen molar-refractivity contribution >= 4 is 11.7 Å². The summed E-state index contributed by atoms with van der Waals surface area (Å²) < 4.78 is 4.33. The van der Waals surface area contributed by atoms with E-state index >= 15 is 0 Å². The molecule has 0 aliphatic rings. The molecule has 0 aromatic rings. The van der Waals surface area contributed by atoms with Crippen molar-refractivity contribution < 1.29 is 67.5 Å². The molecule has 0 amide bonds. The van der Waals surface area contributed by atoms with Gasteiger partial charge in [0.15, 0.2) is 0 Å². The zero-order valence-corrected chi connectivity index (χ0v) is 9.49. The number of hydrogen-bond donors (Lipinski definition) is 1. The predicted molar refractivity (Wildman–Crippen MR) is 32.6 cm³/mol. The molecule has 0 spiro atoms. The summed E-state index contributed by atoms with van der Waals surface area (Å²) in [6.45, 7) is 1.74. The number of nitrogens with zero attached hydrogens (tertiary/aromatic N) is 2. The number of hydrogen-bond acceptors (Lipinski definition) is 5. The fourth-order valence-corrected chi connectivity index (χ4v) is 0.308. The molecule has 0 rings (SSSR count). The van der Waals surface area contributed by atoms with Crippen LogP contribution in [0.5, 0.6) is 0 Å². The Labute approximate surface area is 108 Å². The van der Waals surface area contributed by atoms with E-state index in [9.17, 15) is 4.79 Å². The Morgan fingerprint density at radius 2 is 2.45 bits per heavy atom. The van der Waals surface area contributed by atoms with Crippen LogP contribution < -0.4 is 51.4 Å². The van der Waals surface area contributed by atoms with E-state index in [0.29, 0.717) is 0 Å². The minimum absolute atomic E-state index is 0. The van der Waals surface area contributed by atoms with Gasteiger partial charge < -0.3 is 11.4 Å². The van der Waals surface area contributed by atoms with Crippen LogP contribution in [0.25, 0.3) is 0 Å². The zero-order valence-electron chi connectivity index (χ0n) is 7.37. The summed E-state index contributed by atoms with van der Waals surface area (Å²) in [6.07, 6.45) is 0. The quantitative estimate of drug-likeness (QED) is 0.162. The minimum atomic E-state index is -0.910. The number of esters is 1. The van der Waals surface area contributed by atoms with E-state index in [-0.39, 0.29) is 59.4 Å². The van der Waals surface area contributed by atoms with E-state index in [0.717, 1.165) is 0 Å². The molecule has 0 fully saturated rings. The summed E-state index contributed by atoms with van der Waals surface area (Å²) in [4.78, 5) is 10.5. The van der Waals surface area contributed by atoms with E-state index in [1.54, 1.807) is 6.92 Å². The Morgan fingerprint density at radius 3 is 2.73 bits per heavy atom. The van der Waals surface area contributed by atoms with Gasteiger partial charge in [-0.05, 0) is 6.92 Å². The molecule has 0 saturated carbocycles. The molecular formula is C5H7KN2O3. The average Bonchev–Trinajstić information content (AvgIpc) is 1.91. The summed E-state index contributed by atoms with van der Waals surface area (Å²) in [5, 5.41) is 18.5. The molecule has 0 heterocycles. The van der Waals surface area contributed by atoms with Gasteiger partial charge in [-0.3, -0.25) is 0 Å². The van der Waals surface area contributed by atoms with Crippen LogP contribution in [-0.4, -0.2) is 23.5 Å². The standard InChI is InChI=1S/C5H6N2O3.K.H/c1-2-10-5(8)4(3-6)7-9;;/h9H,2H2,1H3;;/q;+1;-1. The third-order valence-electron chi connectivity index (χ3n) is 0.675. The summed E-state index contributed by atoms with van der Waals surface area (Å²) in [6, 6.07) is 1.36. The van der Waals surface area contributed by atoms with E-state index in [1.807, 2.05) is 0 Å². The van der Waals surface area contributed by atoms with Crippen LogP contribution in [0.15, 0.2) is 5.16 Å². The number of carbonyl (C=O) groups is 1. The first-order valence-electron chi connectivity index (χ1n) is 2.55. The molecule has 0 aromatic heterocycles. The summed E-state index contributed by atoms with van der Waals surface area (Å²) in [5.74, 6) is -0.910. The van der Waals surface area contributed by atoms with Gasteiger partial charge in [-0.15, -0.1) is 0 Å². The maximum atomic E-state index is 10.5. The van der Waals surface area contributed by atoms with Gasteiger partial charge in [-0.25, -0.2) is 4.79 Å². The van der Waals surface area contributed by atoms with Crippen LogP contribution in [0.3, 0.4) is 0 Å². The van der Waals surface area contributed by atoms with Crippen molar-refractivity contribution in [2.24, 2.45) is 5.16 Å². The number of oxime groups is 1. The van der Waals surface area contributed by atoms with E-state index in [4.69, 9.17) is 10.5 Å². The number of carbonyl (C=O) groups excluding carboxylic acids is 1. The maximum absolute atomic E-state index is 10.5. The molecule has 0 aliphatic heterocycles. The fraction of sp³-hybridized carbons (Fsp3) is 0.400. The Bertz CT molecular complexity index is 201. The van der Waals surface area contributed by atoms with E-state index < -0.39 is 11.7 Å². The van der Waals surface area contributed by atoms with Crippen molar-refractivity contribution in [1.82, 2.24) is 0 Å². The monoisotopic (exact) mass is 182 g/mol.